The number of rotatable bonds is 2. The third kappa shape index (κ3) is 2.52. The van der Waals surface area contributed by atoms with Crippen molar-refractivity contribution < 1.29 is 0 Å². The Labute approximate surface area is 99.7 Å². The Morgan fingerprint density at radius 3 is 2.59 bits per heavy atom. The first-order chi connectivity index (χ1) is 8.19. The highest BCUT2D eigenvalue weighted by Crippen LogP contribution is 2.18. The lowest BCUT2D eigenvalue weighted by Gasteiger charge is -2.07. The molecule has 1 aromatic carbocycles. The van der Waals surface area contributed by atoms with Gasteiger partial charge in [-0.1, -0.05) is 0 Å². The number of nitrogens with one attached hydrogen (secondary N) is 1. The van der Waals surface area contributed by atoms with Crippen LogP contribution >= 0.6 is 0 Å². The number of nitrogens with zero attached hydrogens (tertiary/aromatic N) is 2. The van der Waals surface area contributed by atoms with Gasteiger partial charge in [-0.3, -0.25) is 0 Å². The second-order valence-corrected chi connectivity index (χ2v) is 3.74. The third-order valence-corrected chi connectivity index (χ3v) is 2.44. The van der Waals surface area contributed by atoms with Gasteiger partial charge in [-0.05, 0) is 42.8 Å². The van der Waals surface area contributed by atoms with Gasteiger partial charge < -0.3 is 11.1 Å². The van der Waals surface area contributed by atoms with E-state index < -0.39 is 0 Å². The molecule has 4 nitrogen and oxygen atoms in total. The monoisotopic (exact) mass is 224 g/mol. The Kier molecular flexibility index (Phi) is 2.93. The molecular weight excluding hydrogens is 212 g/mol. The maximum absolute atomic E-state index is 8.69. The molecule has 1 heterocycles. The van der Waals surface area contributed by atoms with Crippen molar-refractivity contribution in [3.63, 3.8) is 0 Å². The molecule has 0 aliphatic rings. The molecule has 0 saturated heterocycles. The van der Waals surface area contributed by atoms with Gasteiger partial charge in [0.25, 0.3) is 0 Å². The summed E-state index contributed by atoms with van der Waals surface area (Å²) in [7, 11) is 0. The summed E-state index contributed by atoms with van der Waals surface area (Å²) in [5.74, 6) is 0.737. The molecule has 2 aromatic rings. The van der Waals surface area contributed by atoms with Gasteiger partial charge in [0.1, 0.15) is 5.82 Å². The SMILES string of the molecule is Cc1cc(Nc2ccc(C#N)cc2)ncc1N. The average molecular weight is 224 g/mol. The number of anilines is 3. The Bertz CT molecular complexity index is 567. The zero-order valence-corrected chi connectivity index (χ0v) is 9.44. The second-order valence-electron chi connectivity index (χ2n) is 3.74. The van der Waals surface area contributed by atoms with Crippen LogP contribution in [-0.4, -0.2) is 4.98 Å². The normalized spacial score (nSPS) is 9.65. The highest BCUT2D eigenvalue weighted by atomic mass is 15.0. The number of hydrogen-bond donors (Lipinski definition) is 2. The lowest BCUT2D eigenvalue weighted by atomic mass is 10.2. The number of aromatic nitrogens is 1. The fourth-order valence-corrected chi connectivity index (χ4v) is 1.41. The van der Waals surface area contributed by atoms with E-state index in [1.165, 1.54) is 0 Å². The minimum Gasteiger partial charge on any atom is -0.397 e. The molecule has 84 valence electrons. The van der Waals surface area contributed by atoms with Crippen molar-refractivity contribution in [2.45, 2.75) is 6.92 Å². The number of pyridine rings is 1. The van der Waals surface area contributed by atoms with E-state index in [4.69, 9.17) is 11.0 Å². The molecule has 3 N–H and O–H groups in total. The number of benzene rings is 1. The molecule has 2 rings (SSSR count). The van der Waals surface area contributed by atoms with Gasteiger partial charge in [-0.2, -0.15) is 5.26 Å². The van der Waals surface area contributed by atoms with E-state index >= 15 is 0 Å². The summed E-state index contributed by atoms with van der Waals surface area (Å²) in [5.41, 5.74) is 8.88. The van der Waals surface area contributed by atoms with E-state index in [1.54, 1.807) is 18.3 Å². The first-order valence-electron chi connectivity index (χ1n) is 5.18. The standard InChI is InChI=1S/C13H12N4/c1-9-6-13(16-8-12(9)15)17-11-4-2-10(7-14)3-5-11/h2-6,8H,15H2,1H3,(H,16,17). The van der Waals surface area contributed by atoms with Gasteiger partial charge in [0.15, 0.2) is 0 Å². The second kappa shape index (κ2) is 4.54. The van der Waals surface area contributed by atoms with Crippen LogP contribution in [0.5, 0.6) is 0 Å². The van der Waals surface area contributed by atoms with Crippen LogP contribution in [0.4, 0.5) is 17.2 Å². The fraction of sp³-hybridized carbons (Fsp3) is 0.0769. The molecule has 0 aliphatic carbocycles. The van der Waals surface area contributed by atoms with Crippen LogP contribution in [0.2, 0.25) is 0 Å². The third-order valence-electron chi connectivity index (χ3n) is 2.44. The van der Waals surface area contributed by atoms with E-state index in [-0.39, 0.29) is 0 Å². The van der Waals surface area contributed by atoms with Crippen LogP contribution in [0.25, 0.3) is 0 Å². The first kappa shape index (κ1) is 11.0. The van der Waals surface area contributed by atoms with Gasteiger partial charge in [-0.15, -0.1) is 0 Å². The number of nitriles is 1. The molecule has 0 radical (unpaired) electrons. The van der Waals surface area contributed by atoms with Crippen molar-refractivity contribution in [2.75, 3.05) is 11.1 Å². The Morgan fingerprint density at radius 2 is 2.00 bits per heavy atom. The molecule has 0 saturated carbocycles. The molecule has 1 aromatic heterocycles. The van der Waals surface area contributed by atoms with Crippen molar-refractivity contribution in [1.29, 1.82) is 5.26 Å². The average Bonchev–Trinajstić information content (AvgIpc) is 2.35. The molecule has 17 heavy (non-hydrogen) atoms. The Hall–Kier alpha value is -2.54. The number of aryl methyl sites for hydroxylation is 1. The summed E-state index contributed by atoms with van der Waals surface area (Å²) in [6, 6.07) is 11.1. The van der Waals surface area contributed by atoms with Crippen molar-refractivity contribution >= 4 is 17.2 Å². The molecule has 0 spiro atoms. The molecule has 0 fully saturated rings. The molecule has 0 unspecified atom stereocenters. The molecule has 0 atom stereocenters. The molecular formula is C13H12N4. The van der Waals surface area contributed by atoms with Crippen LogP contribution in [0.15, 0.2) is 36.5 Å². The number of nitrogens with two attached hydrogens (primary N) is 1. The summed E-state index contributed by atoms with van der Waals surface area (Å²) < 4.78 is 0. The topological polar surface area (TPSA) is 74.7 Å². The van der Waals surface area contributed by atoms with Crippen molar-refractivity contribution in [3.05, 3.63) is 47.7 Å². The molecule has 4 heteroatoms. The minimum absolute atomic E-state index is 0.636. The van der Waals surface area contributed by atoms with Crippen LogP contribution < -0.4 is 11.1 Å². The van der Waals surface area contributed by atoms with Crippen molar-refractivity contribution in [2.24, 2.45) is 0 Å². The van der Waals surface area contributed by atoms with Crippen LogP contribution in [0, 0.1) is 18.3 Å². The van der Waals surface area contributed by atoms with Gasteiger partial charge in [0, 0.05) is 5.69 Å². The van der Waals surface area contributed by atoms with Crippen molar-refractivity contribution in [3.8, 4) is 6.07 Å². The van der Waals surface area contributed by atoms with Crippen LogP contribution in [0.1, 0.15) is 11.1 Å². The van der Waals surface area contributed by atoms with E-state index in [2.05, 4.69) is 16.4 Å². The Balaban J connectivity index is 2.20. The smallest absolute Gasteiger partial charge is 0.130 e. The zero-order valence-electron chi connectivity index (χ0n) is 9.44. The van der Waals surface area contributed by atoms with Gasteiger partial charge in [0.05, 0.1) is 23.5 Å². The van der Waals surface area contributed by atoms with Crippen molar-refractivity contribution in [1.82, 2.24) is 4.98 Å². The van der Waals surface area contributed by atoms with E-state index in [0.717, 1.165) is 17.1 Å². The summed E-state index contributed by atoms with van der Waals surface area (Å²) in [4.78, 5) is 4.18. The van der Waals surface area contributed by atoms with Gasteiger partial charge in [0.2, 0.25) is 0 Å². The predicted molar refractivity (Wildman–Crippen MR) is 67.8 cm³/mol. The maximum atomic E-state index is 8.69. The van der Waals surface area contributed by atoms with Crippen LogP contribution in [0.3, 0.4) is 0 Å². The lowest BCUT2D eigenvalue weighted by molar-refractivity contribution is 1.28. The van der Waals surface area contributed by atoms with Crippen LogP contribution in [-0.2, 0) is 0 Å². The first-order valence-corrected chi connectivity index (χ1v) is 5.18. The molecule has 0 bridgehead atoms. The largest absolute Gasteiger partial charge is 0.397 e. The maximum Gasteiger partial charge on any atom is 0.130 e. The van der Waals surface area contributed by atoms with Gasteiger partial charge in [-0.25, -0.2) is 4.98 Å². The van der Waals surface area contributed by atoms with E-state index in [1.807, 2.05) is 25.1 Å². The highest BCUT2D eigenvalue weighted by Gasteiger charge is 1.99. The summed E-state index contributed by atoms with van der Waals surface area (Å²) in [6.07, 6.45) is 1.63. The minimum atomic E-state index is 0.636. The molecule has 0 amide bonds. The summed E-state index contributed by atoms with van der Waals surface area (Å²) in [5, 5.41) is 11.8. The number of nitrogen functional groups attached to an aromatic ring is 1. The lowest BCUT2D eigenvalue weighted by Crippen LogP contribution is -1.97. The Morgan fingerprint density at radius 1 is 1.29 bits per heavy atom. The predicted octanol–water partition coefficient (Wildman–Crippen LogP) is 2.59. The summed E-state index contributed by atoms with van der Waals surface area (Å²) in [6.45, 7) is 1.93. The van der Waals surface area contributed by atoms with E-state index in [9.17, 15) is 0 Å². The van der Waals surface area contributed by atoms with E-state index in [0.29, 0.717) is 11.3 Å². The zero-order chi connectivity index (χ0) is 12.3. The fourth-order valence-electron chi connectivity index (χ4n) is 1.41. The quantitative estimate of drug-likeness (QED) is 0.822. The van der Waals surface area contributed by atoms with Gasteiger partial charge >= 0.3 is 0 Å². The summed E-state index contributed by atoms with van der Waals surface area (Å²) >= 11 is 0. The number of hydrogen-bond acceptors (Lipinski definition) is 4. The highest BCUT2D eigenvalue weighted by molar-refractivity contribution is 5.60. The molecule has 0 aliphatic heterocycles.